The van der Waals surface area contributed by atoms with Gasteiger partial charge < -0.3 is 4.74 Å². The van der Waals surface area contributed by atoms with Crippen LogP contribution in [0.15, 0.2) is 17.2 Å². The molecule has 1 amide bonds. The van der Waals surface area contributed by atoms with Gasteiger partial charge in [0.05, 0.1) is 12.8 Å². The Balaban J connectivity index is 2.43. The van der Waals surface area contributed by atoms with Crippen molar-refractivity contribution >= 4 is 11.6 Å². The Bertz CT molecular complexity index is 503. The number of nitrogens with zero attached hydrogens (tertiary/aromatic N) is 1. The highest BCUT2D eigenvalue weighted by molar-refractivity contribution is 6.05. The first kappa shape index (κ1) is 12.5. The molecule has 1 atom stereocenters. The highest BCUT2D eigenvalue weighted by Gasteiger charge is 2.23. The van der Waals surface area contributed by atoms with Crippen molar-refractivity contribution in [2.24, 2.45) is 11.0 Å². The number of carbonyl (C=O) groups is 1. The van der Waals surface area contributed by atoms with E-state index in [-0.39, 0.29) is 17.6 Å². The number of aryl methyl sites for hydroxylation is 1. The van der Waals surface area contributed by atoms with Gasteiger partial charge in [0.1, 0.15) is 0 Å². The Morgan fingerprint density at radius 3 is 2.78 bits per heavy atom. The maximum atomic E-state index is 13.8. The van der Waals surface area contributed by atoms with Crippen LogP contribution >= 0.6 is 0 Å². The van der Waals surface area contributed by atoms with Crippen LogP contribution < -0.4 is 10.2 Å². The van der Waals surface area contributed by atoms with E-state index in [0.717, 1.165) is 0 Å². The summed E-state index contributed by atoms with van der Waals surface area (Å²) < 4.78 is 18.8. The van der Waals surface area contributed by atoms with E-state index in [0.29, 0.717) is 23.3 Å². The molecular formula is C13H15FN2O2. The highest BCUT2D eigenvalue weighted by atomic mass is 19.1. The van der Waals surface area contributed by atoms with Gasteiger partial charge in [-0.2, -0.15) is 5.10 Å². The van der Waals surface area contributed by atoms with E-state index >= 15 is 0 Å². The van der Waals surface area contributed by atoms with Crippen LogP contribution in [0.1, 0.15) is 24.5 Å². The fourth-order valence-corrected chi connectivity index (χ4v) is 2.14. The number of hydrogen-bond donors (Lipinski definition) is 1. The third-order valence-electron chi connectivity index (χ3n) is 2.99. The first-order valence-corrected chi connectivity index (χ1v) is 5.74. The lowest BCUT2D eigenvalue weighted by Crippen LogP contribution is -2.32. The average Bonchev–Trinajstić information content (AvgIpc) is 2.28. The summed E-state index contributed by atoms with van der Waals surface area (Å²) in [6.07, 6.45) is 0.367. The lowest BCUT2D eigenvalue weighted by Gasteiger charge is -2.20. The van der Waals surface area contributed by atoms with Gasteiger partial charge in [-0.3, -0.25) is 4.79 Å². The molecule has 0 aliphatic carbocycles. The number of hydrogen-bond acceptors (Lipinski definition) is 3. The summed E-state index contributed by atoms with van der Waals surface area (Å²) in [5.74, 6) is -0.311. The molecule has 0 fully saturated rings. The molecule has 1 aromatic rings. The second kappa shape index (κ2) is 4.76. The normalized spacial score (nSPS) is 19.2. The summed E-state index contributed by atoms with van der Waals surface area (Å²) in [5.41, 5.74) is 4.50. The van der Waals surface area contributed by atoms with E-state index in [1.54, 1.807) is 6.92 Å². The first-order valence-electron chi connectivity index (χ1n) is 5.74. The zero-order chi connectivity index (χ0) is 13.3. The van der Waals surface area contributed by atoms with E-state index in [1.807, 2.05) is 13.0 Å². The van der Waals surface area contributed by atoms with Crippen molar-refractivity contribution in [1.29, 1.82) is 0 Å². The van der Waals surface area contributed by atoms with Crippen molar-refractivity contribution < 1.29 is 13.9 Å². The van der Waals surface area contributed by atoms with Crippen LogP contribution in [0.2, 0.25) is 0 Å². The fourth-order valence-electron chi connectivity index (χ4n) is 2.14. The molecule has 1 aliphatic heterocycles. The van der Waals surface area contributed by atoms with Crippen molar-refractivity contribution in [2.75, 3.05) is 7.11 Å². The van der Waals surface area contributed by atoms with Gasteiger partial charge in [-0.25, -0.2) is 9.82 Å². The predicted octanol–water partition coefficient (Wildman–Crippen LogP) is 2.00. The van der Waals surface area contributed by atoms with Crippen LogP contribution in [0.25, 0.3) is 0 Å². The molecule has 18 heavy (non-hydrogen) atoms. The monoisotopic (exact) mass is 250 g/mol. The van der Waals surface area contributed by atoms with Gasteiger partial charge in [0, 0.05) is 17.9 Å². The van der Waals surface area contributed by atoms with Gasteiger partial charge >= 0.3 is 0 Å². The van der Waals surface area contributed by atoms with E-state index in [4.69, 9.17) is 4.74 Å². The van der Waals surface area contributed by atoms with Crippen LogP contribution in [-0.2, 0) is 4.79 Å². The minimum absolute atomic E-state index is 0.0223. The predicted molar refractivity (Wildman–Crippen MR) is 66.1 cm³/mol. The Morgan fingerprint density at radius 2 is 2.22 bits per heavy atom. The summed E-state index contributed by atoms with van der Waals surface area (Å²) in [4.78, 5) is 11.2. The summed E-state index contributed by atoms with van der Waals surface area (Å²) in [5, 5.41) is 4.01. The number of hydrazone groups is 1. The molecule has 0 spiro atoms. The molecule has 1 N–H and O–H groups in total. The quantitative estimate of drug-likeness (QED) is 0.872. The van der Waals surface area contributed by atoms with Crippen LogP contribution in [0.5, 0.6) is 5.75 Å². The molecule has 1 heterocycles. The molecule has 0 radical (unpaired) electrons. The number of amides is 1. The number of nitrogens with one attached hydrogen (secondary N) is 1. The topological polar surface area (TPSA) is 50.7 Å². The largest absolute Gasteiger partial charge is 0.493 e. The Labute approximate surface area is 105 Å². The van der Waals surface area contributed by atoms with Crippen molar-refractivity contribution in [3.05, 3.63) is 29.1 Å². The van der Waals surface area contributed by atoms with Gasteiger partial charge in [0.15, 0.2) is 11.6 Å². The van der Waals surface area contributed by atoms with Crippen molar-refractivity contribution in [1.82, 2.24) is 5.43 Å². The Hall–Kier alpha value is -1.91. The lowest BCUT2D eigenvalue weighted by atomic mass is 9.93. The zero-order valence-corrected chi connectivity index (χ0v) is 10.6. The molecule has 1 aliphatic rings. The summed E-state index contributed by atoms with van der Waals surface area (Å²) in [7, 11) is 1.44. The Kier molecular flexibility index (Phi) is 3.32. The number of rotatable bonds is 2. The molecule has 0 saturated heterocycles. The van der Waals surface area contributed by atoms with Crippen LogP contribution in [0.3, 0.4) is 0 Å². The van der Waals surface area contributed by atoms with Gasteiger partial charge in [-0.1, -0.05) is 6.92 Å². The number of methoxy groups -OCH3 is 1. The molecule has 0 bridgehead atoms. The molecule has 1 aromatic carbocycles. The smallest absolute Gasteiger partial charge is 0.240 e. The second-order valence-corrected chi connectivity index (χ2v) is 4.45. The lowest BCUT2D eigenvalue weighted by molar-refractivity contribution is -0.121. The van der Waals surface area contributed by atoms with Crippen molar-refractivity contribution in [2.45, 2.75) is 20.3 Å². The molecular weight excluding hydrogens is 235 g/mol. The van der Waals surface area contributed by atoms with Crippen LogP contribution in [0, 0.1) is 18.7 Å². The van der Waals surface area contributed by atoms with E-state index in [9.17, 15) is 9.18 Å². The summed E-state index contributed by atoms with van der Waals surface area (Å²) >= 11 is 0. The standard InChI is InChI=1S/C13H15FN2O2/c1-7-5-11(17)15-16-12(7)9-4-8(2)13(18-3)10(14)6-9/h4,6-7H,5H2,1-3H3,(H,15,17). The number of carbonyl (C=O) groups excluding carboxylic acids is 1. The average molecular weight is 250 g/mol. The number of ether oxygens (including phenoxy) is 1. The third kappa shape index (κ3) is 2.20. The van der Waals surface area contributed by atoms with E-state index < -0.39 is 5.82 Å². The third-order valence-corrected chi connectivity index (χ3v) is 2.99. The molecule has 0 aromatic heterocycles. The molecule has 4 nitrogen and oxygen atoms in total. The summed E-state index contributed by atoms with van der Waals surface area (Å²) in [6, 6.07) is 3.20. The maximum Gasteiger partial charge on any atom is 0.240 e. The van der Waals surface area contributed by atoms with E-state index in [1.165, 1.54) is 13.2 Å². The summed E-state index contributed by atoms with van der Waals surface area (Å²) in [6.45, 7) is 3.67. The maximum absolute atomic E-state index is 13.8. The number of benzene rings is 1. The van der Waals surface area contributed by atoms with E-state index in [2.05, 4.69) is 10.5 Å². The van der Waals surface area contributed by atoms with Gasteiger partial charge in [0.25, 0.3) is 0 Å². The van der Waals surface area contributed by atoms with Gasteiger partial charge in [-0.15, -0.1) is 0 Å². The molecule has 2 rings (SSSR count). The van der Waals surface area contributed by atoms with Crippen LogP contribution in [0.4, 0.5) is 4.39 Å². The van der Waals surface area contributed by atoms with Crippen LogP contribution in [-0.4, -0.2) is 18.7 Å². The SMILES string of the molecule is COc1c(C)cc(C2=NNC(=O)CC2C)cc1F. The Morgan fingerprint density at radius 1 is 1.50 bits per heavy atom. The first-order chi connectivity index (χ1) is 8.52. The molecule has 96 valence electrons. The van der Waals surface area contributed by atoms with Crippen molar-refractivity contribution in [3.63, 3.8) is 0 Å². The second-order valence-electron chi connectivity index (χ2n) is 4.45. The zero-order valence-electron chi connectivity index (χ0n) is 10.6. The van der Waals surface area contributed by atoms with Gasteiger partial charge in [0.2, 0.25) is 5.91 Å². The fraction of sp³-hybridized carbons (Fsp3) is 0.385. The highest BCUT2D eigenvalue weighted by Crippen LogP contribution is 2.26. The molecule has 5 heteroatoms. The minimum Gasteiger partial charge on any atom is -0.493 e. The molecule has 0 saturated carbocycles. The number of halogens is 1. The van der Waals surface area contributed by atoms with Crippen molar-refractivity contribution in [3.8, 4) is 5.75 Å². The molecule has 1 unspecified atom stereocenters. The van der Waals surface area contributed by atoms with Gasteiger partial charge in [-0.05, 0) is 24.6 Å². The minimum atomic E-state index is -0.417.